The van der Waals surface area contributed by atoms with Crippen molar-refractivity contribution in [3.63, 3.8) is 0 Å². The largest absolute Gasteiger partial charge is 0.505 e. The minimum absolute atomic E-state index is 0.0312. The van der Waals surface area contributed by atoms with E-state index in [2.05, 4.69) is 5.32 Å². The van der Waals surface area contributed by atoms with Crippen LogP contribution in [0.4, 0.5) is 15.8 Å². The van der Waals surface area contributed by atoms with E-state index in [1.807, 2.05) is 34.6 Å². The average Bonchev–Trinajstić information content (AvgIpc) is 2.69. The van der Waals surface area contributed by atoms with Gasteiger partial charge in [0.1, 0.15) is 11.6 Å². The molecular weight excluding hydrogens is 411 g/mol. The summed E-state index contributed by atoms with van der Waals surface area (Å²) in [7, 11) is 1.77. The molecule has 0 spiro atoms. The monoisotopic (exact) mass is 444 g/mol. The topological polar surface area (TPSA) is 71.0 Å². The number of carbonyl (C=O) groups is 1. The van der Waals surface area contributed by atoms with Crippen molar-refractivity contribution in [1.82, 2.24) is 0 Å². The Morgan fingerprint density at radius 3 is 2.38 bits per heavy atom. The number of nitrogens with zero attached hydrogens (tertiary/aromatic N) is 1. The van der Waals surface area contributed by atoms with E-state index in [4.69, 9.17) is 9.47 Å². The number of hydrogen-bond acceptors (Lipinski definition) is 5. The van der Waals surface area contributed by atoms with Crippen molar-refractivity contribution in [3.8, 4) is 5.75 Å². The fraction of sp³-hybridized carbons (Fsp3) is 0.480. The van der Waals surface area contributed by atoms with E-state index in [1.54, 1.807) is 42.3 Å². The van der Waals surface area contributed by atoms with Crippen LogP contribution >= 0.6 is 0 Å². The number of phenols is 1. The normalized spacial score (nSPS) is 16.6. The lowest BCUT2D eigenvalue weighted by molar-refractivity contribution is -0.226. The predicted octanol–water partition coefficient (Wildman–Crippen LogP) is 5.34. The summed E-state index contributed by atoms with van der Waals surface area (Å²) in [6, 6.07) is 9.69. The second-order valence-corrected chi connectivity index (χ2v) is 10.4. The van der Waals surface area contributed by atoms with Crippen molar-refractivity contribution in [2.45, 2.75) is 40.9 Å². The number of carbonyl (C=O) groups excluding carboxylic acids is 1. The van der Waals surface area contributed by atoms with E-state index in [0.29, 0.717) is 25.3 Å². The number of aromatic hydroxyl groups is 1. The van der Waals surface area contributed by atoms with Crippen molar-refractivity contribution in [3.05, 3.63) is 53.3 Å². The average molecular weight is 445 g/mol. The van der Waals surface area contributed by atoms with Crippen molar-refractivity contribution >= 4 is 17.3 Å². The molecule has 1 saturated heterocycles. The van der Waals surface area contributed by atoms with E-state index < -0.39 is 18.0 Å². The lowest BCUT2D eigenvalue weighted by Crippen LogP contribution is -2.36. The Kier molecular flexibility index (Phi) is 6.81. The van der Waals surface area contributed by atoms with E-state index in [-0.39, 0.29) is 33.5 Å². The maximum atomic E-state index is 15.5. The van der Waals surface area contributed by atoms with Crippen LogP contribution in [0, 0.1) is 16.6 Å². The zero-order valence-electron chi connectivity index (χ0n) is 19.7. The summed E-state index contributed by atoms with van der Waals surface area (Å²) in [5.74, 6) is -1.30. The molecule has 0 atom stereocenters. The minimum Gasteiger partial charge on any atom is -0.505 e. The lowest BCUT2D eigenvalue weighted by Gasteiger charge is -2.37. The third kappa shape index (κ3) is 5.58. The summed E-state index contributed by atoms with van der Waals surface area (Å²) in [5.41, 5.74) is 0.424. The van der Waals surface area contributed by atoms with Crippen LogP contribution in [0.5, 0.6) is 5.75 Å². The zero-order valence-corrected chi connectivity index (χ0v) is 19.7. The second kappa shape index (κ2) is 9.08. The molecule has 174 valence electrons. The molecule has 2 aromatic rings. The summed E-state index contributed by atoms with van der Waals surface area (Å²) in [6.07, 6.45) is -0.955. The quantitative estimate of drug-likeness (QED) is 0.610. The highest BCUT2D eigenvalue weighted by molar-refractivity contribution is 6.05. The number of anilines is 2. The van der Waals surface area contributed by atoms with Gasteiger partial charge in [-0.1, -0.05) is 52.8 Å². The number of hydrogen-bond donors (Lipinski definition) is 2. The van der Waals surface area contributed by atoms with Gasteiger partial charge in [-0.25, -0.2) is 4.39 Å². The van der Waals surface area contributed by atoms with E-state index in [9.17, 15) is 9.90 Å². The number of ether oxygens (including phenoxy) is 2. The number of rotatable bonds is 5. The number of amides is 1. The zero-order chi connectivity index (χ0) is 23.7. The molecule has 1 aliphatic heterocycles. The lowest BCUT2D eigenvalue weighted by atomic mass is 9.94. The first-order valence-corrected chi connectivity index (χ1v) is 10.7. The molecule has 0 saturated carbocycles. The van der Waals surface area contributed by atoms with Gasteiger partial charge >= 0.3 is 0 Å². The van der Waals surface area contributed by atoms with Gasteiger partial charge in [0.2, 0.25) is 0 Å². The highest BCUT2D eigenvalue weighted by Gasteiger charge is 2.35. The SMILES string of the molecule is CN(CC(C)(C)C)c1c(F)cc(NC(=O)c2ccccc2)c(O)c1C1OCC(C)(C)CO1. The van der Waals surface area contributed by atoms with Crippen molar-refractivity contribution in [2.75, 3.05) is 37.0 Å². The standard InChI is InChI=1S/C25H33FN2O4/c1-24(2,3)13-28(6)20-17(26)12-18(27-22(30)16-10-8-7-9-11-16)21(29)19(20)23-31-14-25(4,5)15-32-23/h7-12,23,29H,13-15H2,1-6H3,(H,27,30). The van der Waals surface area contributed by atoms with Gasteiger partial charge in [0, 0.05) is 30.6 Å². The summed E-state index contributed by atoms with van der Waals surface area (Å²) < 4.78 is 27.2. The van der Waals surface area contributed by atoms with Crippen molar-refractivity contribution in [2.24, 2.45) is 10.8 Å². The van der Waals surface area contributed by atoms with Crippen LogP contribution in [0.25, 0.3) is 0 Å². The Morgan fingerprint density at radius 1 is 1.22 bits per heavy atom. The van der Waals surface area contributed by atoms with Crippen LogP contribution in [0.15, 0.2) is 36.4 Å². The van der Waals surface area contributed by atoms with E-state index >= 15 is 4.39 Å². The maximum absolute atomic E-state index is 15.5. The first-order valence-electron chi connectivity index (χ1n) is 10.7. The molecule has 0 bridgehead atoms. The van der Waals surface area contributed by atoms with E-state index in [1.165, 1.54) is 0 Å². The molecule has 2 N–H and O–H groups in total. The Labute approximate surface area is 189 Å². The highest BCUT2D eigenvalue weighted by atomic mass is 19.1. The summed E-state index contributed by atoms with van der Waals surface area (Å²) in [5, 5.41) is 13.8. The number of benzene rings is 2. The van der Waals surface area contributed by atoms with E-state index in [0.717, 1.165) is 6.07 Å². The molecular formula is C25H33FN2O4. The van der Waals surface area contributed by atoms with Crippen LogP contribution in [-0.2, 0) is 9.47 Å². The molecule has 1 heterocycles. The molecule has 3 rings (SSSR count). The summed E-state index contributed by atoms with van der Waals surface area (Å²) >= 11 is 0. The van der Waals surface area contributed by atoms with Crippen LogP contribution in [0.1, 0.15) is 56.8 Å². The Balaban J connectivity index is 2.04. The second-order valence-electron chi connectivity index (χ2n) is 10.4. The summed E-state index contributed by atoms with van der Waals surface area (Å²) in [6.45, 7) is 11.5. The van der Waals surface area contributed by atoms with Crippen molar-refractivity contribution in [1.29, 1.82) is 0 Å². The van der Waals surface area contributed by atoms with Crippen LogP contribution in [-0.4, -0.2) is 37.8 Å². The van der Waals surface area contributed by atoms with Crippen molar-refractivity contribution < 1.29 is 23.8 Å². The molecule has 1 amide bonds. The highest BCUT2D eigenvalue weighted by Crippen LogP contribution is 2.45. The minimum atomic E-state index is -0.955. The molecule has 2 aromatic carbocycles. The Morgan fingerprint density at radius 2 is 1.81 bits per heavy atom. The molecule has 7 heteroatoms. The van der Waals surface area contributed by atoms with Gasteiger partial charge in [-0.2, -0.15) is 0 Å². The molecule has 1 fully saturated rings. The van der Waals surface area contributed by atoms with Crippen LogP contribution < -0.4 is 10.2 Å². The Hall–Kier alpha value is -2.64. The maximum Gasteiger partial charge on any atom is 0.255 e. The summed E-state index contributed by atoms with van der Waals surface area (Å²) in [4.78, 5) is 14.4. The third-order valence-electron chi connectivity index (χ3n) is 5.13. The number of nitrogens with one attached hydrogen (secondary N) is 1. The fourth-order valence-corrected chi connectivity index (χ4v) is 3.79. The first-order chi connectivity index (χ1) is 14.9. The van der Waals surface area contributed by atoms with Gasteiger partial charge in [-0.3, -0.25) is 4.79 Å². The third-order valence-corrected chi connectivity index (χ3v) is 5.13. The van der Waals surface area contributed by atoms with Gasteiger partial charge in [-0.15, -0.1) is 0 Å². The first kappa shape index (κ1) is 24.0. The fourth-order valence-electron chi connectivity index (χ4n) is 3.79. The molecule has 32 heavy (non-hydrogen) atoms. The smallest absolute Gasteiger partial charge is 0.255 e. The van der Waals surface area contributed by atoms with Crippen LogP contribution in [0.3, 0.4) is 0 Å². The molecule has 0 unspecified atom stereocenters. The van der Waals surface area contributed by atoms with Gasteiger partial charge < -0.3 is 24.8 Å². The molecule has 6 nitrogen and oxygen atoms in total. The Bertz CT molecular complexity index is 960. The van der Waals surface area contributed by atoms with Gasteiger partial charge in [0.25, 0.3) is 5.91 Å². The molecule has 0 aromatic heterocycles. The molecule has 1 aliphatic rings. The van der Waals surface area contributed by atoms with Gasteiger partial charge in [-0.05, 0) is 17.5 Å². The predicted molar refractivity (Wildman–Crippen MR) is 124 cm³/mol. The van der Waals surface area contributed by atoms with Gasteiger partial charge in [0.15, 0.2) is 6.29 Å². The molecule has 0 aliphatic carbocycles. The molecule has 0 radical (unpaired) electrons. The van der Waals surface area contributed by atoms with Crippen LogP contribution in [0.2, 0.25) is 0 Å². The number of halogens is 1. The van der Waals surface area contributed by atoms with Gasteiger partial charge in [0.05, 0.1) is 30.2 Å². The number of phenolic OH excluding ortho intramolecular Hbond substituents is 1.